The van der Waals surface area contributed by atoms with E-state index in [1.54, 1.807) is 41.1 Å². The van der Waals surface area contributed by atoms with Crippen LogP contribution < -0.4 is 0 Å². The lowest BCUT2D eigenvalue weighted by Gasteiger charge is -2.43. The average Bonchev–Trinajstić information content (AvgIpc) is 3.43. The zero-order valence-corrected chi connectivity index (χ0v) is 48.2. The molecule has 1 aliphatic carbocycles. The molecule has 1 amide bonds. The van der Waals surface area contributed by atoms with Gasteiger partial charge in [0, 0.05) is 84.7 Å². The van der Waals surface area contributed by atoms with Crippen molar-refractivity contribution in [2.75, 3.05) is 80.5 Å². The number of esters is 1. The number of aliphatic hydroxyl groups is 2. The van der Waals surface area contributed by atoms with E-state index in [-0.39, 0.29) is 73.9 Å². The Balaban J connectivity index is 1.42. The van der Waals surface area contributed by atoms with E-state index >= 15 is 0 Å². The number of ether oxygens (including phenoxy) is 8. The molecule has 77 heavy (non-hydrogen) atoms. The largest absolute Gasteiger partial charge is 0.460 e. The first-order chi connectivity index (χ1) is 36.8. The van der Waals surface area contributed by atoms with Gasteiger partial charge in [-0.15, -0.1) is 0 Å². The molecule has 17 nitrogen and oxygen atoms in total. The molecule has 436 valence electrons. The first-order valence-electron chi connectivity index (χ1n) is 28.8. The van der Waals surface area contributed by atoms with Gasteiger partial charge in [-0.25, -0.2) is 4.79 Å². The monoisotopic (exact) mass is 1080 g/mol. The highest BCUT2D eigenvalue weighted by molar-refractivity contribution is 6.39. The number of allylic oxidation sites excluding steroid dienone is 6. The van der Waals surface area contributed by atoms with Gasteiger partial charge in [0.1, 0.15) is 30.1 Å². The van der Waals surface area contributed by atoms with Gasteiger partial charge in [0.05, 0.1) is 50.8 Å². The fourth-order valence-electron chi connectivity index (χ4n) is 11.8. The van der Waals surface area contributed by atoms with E-state index in [2.05, 4.69) is 4.90 Å². The van der Waals surface area contributed by atoms with Crippen LogP contribution in [0.3, 0.4) is 0 Å². The zero-order valence-electron chi connectivity index (χ0n) is 48.2. The third-order valence-electron chi connectivity index (χ3n) is 16.8. The van der Waals surface area contributed by atoms with Crippen molar-refractivity contribution in [3.05, 3.63) is 47.6 Å². The topological polar surface area (TPSA) is 206 Å². The normalized spacial score (nSPS) is 37.4. The van der Waals surface area contributed by atoms with Gasteiger partial charge >= 0.3 is 5.97 Å². The van der Waals surface area contributed by atoms with Crippen molar-refractivity contribution in [1.82, 2.24) is 9.80 Å². The second-order valence-electron chi connectivity index (χ2n) is 22.9. The fourth-order valence-corrected chi connectivity index (χ4v) is 11.8. The lowest BCUT2D eigenvalue weighted by Crippen LogP contribution is -2.61. The van der Waals surface area contributed by atoms with E-state index in [1.165, 1.54) is 12.0 Å². The minimum absolute atomic E-state index is 0.00415. The van der Waals surface area contributed by atoms with Crippen molar-refractivity contribution in [2.45, 2.75) is 186 Å². The number of Topliss-reactive ketones (excluding diaryl/α,β-unsaturated/α-hetero) is 3. The molecule has 4 aliphatic heterocycles. The van der Waals surface area contributed by atoms with Crippen LogP contribution in [-0.4, -0.2) is 184 Å². The van der Waals surface area contributed by atoms with Gasteiger partial charge in [0.25, 0.3) is 11.7 Å². The maximum Gasteiger partial charge on any atom is 0.329 e. The van der Waals surface area contributed by atoms with Crippen molar-refractivity contribution in [1.29, 1.82) is 0 Å². The average molecular weight is 1090 g/mol. The number of aliphatic hydroxyl groups excluding tert-OH is 1. The van der Waals surface area contributed by atoms with Gasteiger partial charge in [-0.05, 0) is 113 Å². The smallest absolute Gasteiger partial charge is 0.329 e. The number of nitrogens with zero attached hydrogens (tertiary/aromatic N) is 2. The molecule has 3 saturated heterocycles. The summed E-state index contributed by atoms with van der Waals surface area (Å²) in [5, 5.41) is 23.7. The Labute approximate surface area is 459 Å². The molecule has 0 radical (unpaired) electrons. The zero-order chi connectivity index (χ0) is 56.2. The van der Waals surface area contributed by atoms with Crippen LogP contribution in [0.1, 0.15) is 132 Å². The first-order valence-corrected chi connectivity index (χ1v) is 28.8. The molecule has 0 aromatic rings. The molecule has 4 heterocycles. The summed E-state index contributed by atoms with van der Waals surface area (Å²) in [4.78, 5) is 75.5. The first kappa shape index (κ1) is 64.3. The molecule has 0 spiro atoms. The number of methoxy groups -OCH3 is 3. The number of carbonyl (C=O) groups is 5. The summed E-state index contributed by atoms with van der Waals surface area (Å²) in [5.41, 5.74) is 1.26. The predicted octanol–water partition coefficient (Wildman–Crippen LogP) is 6.94. The summed E-state index contributed by atoms with van der Waals surface area (Å²) < 4.78 is 47.7. The Bertz CT molecular complexity index is 2020. The number of rotatable bonds is 14. The van der Waals surface area contributed by atoms with Crippen LogP contribution in [0.2, 0.25) is 0 Å². The van der Waals surface area contributed by atoms with Gasteiger partial charge < -0.3 is 53.0 Å². The third kappa shape index (κ3) is 18.8. The van der Waals surface area contributed by atoms with Crippen molar-refractivity contribution < 1.29 is 72.1 Å². The highest BCUT2D eigenvalue weighted by Gasteiger charge is 2.53. The molecule has 2 bridgehead atoms. The number of piperidine rings is 1. The maximum absolute atomic E-state index is 14.7. The number of carbonyl (C=O) groups excluding carboxylic acids is 5. The Kier molecular flexibility index (Phi) is 26.8. The highest BCUT2D eigenvalue weighted by atomic mass is 16.6. The van der Waals surface area contributed by atoms with E-state index in [0.717, 1.165) is 64.1 Å². The molecule has 2 unspecified atom stereocenters. The third-order valence-corrected chi connectivity index (χ3v) is 16.8. The standard InChI is InChI=1S/C60H96N2O15/c1-39-17-12-11-13-18-40(2)51(75-32-31-70-8)37-47-22-20-45(7)60(69,77-47)57(66)58(67)62-25-15-14-19-48(62)59(68)76-52(38-49(63)41(3)34-44(6)55(65)56(72-10)54(64)43(5)33-39)42(4)35-46-21-23-50(53(36-46)71-9)74-28-16-24-61-26-29-73-30-27-61/h11-13,17-18,34,39,41-43,45-48,50-53,55-56,65,69H,14-16,19-33,35-38H2,1-10H3/b13-11+,17-12+,40-18+,44-34+/t39-,41-,42-,43-,45-,46+,47+,48?,50-,51?,52+,53-,55-,56+,60-/m1/s1. The Morgan fingerprint density at radius 2 is 1.56 bits per heavy atom. The van der Waals surface area contributed by atoms with Gasteiger partial charge in [-0.2, -0.15) is 0 Å². The van der Waals surface area contributed by atoms with Gasteiger partial charge in [-0.3, -0.25) is 24.1 Å². The molecule has 5 rings (SSSR count). The second kappa shape index (κ2) is 32.1. The molecule has 4 fully saturated rings. The summed E-state index contributed by atoms with van der Waals surface area (Å²) in [7, 11) is 4.68. The highest BCUT2D eigenvalue weighted by Crippen LogP contribution is 2.38. The molecule has 1 saturated carbocycles. The summed E-state index contributed by atoms with van der Waals surface area (Å²) in [6, 6.07) is -1.15. The van der Waals surface area contributed by atoms with Crippen molar-refractivity contribution in [2.24, 2.45) is 35.5 Å². The Morgan fingerprint density at radius 3 is 2.27 bits per heavy atom. The van der Waals surface area contributed by atoms with Crippen LogP contribution in [0.4, 0.5) is 0 Å². The number of hydrogen-bond donors (Lipinski definition) is 2. The Morgan fingerprint density at radius 1 is 0.805 bits per heavy atom. The summed E-state index contributed by atoms with van der Waals surface area (Å²) >= 11 is 0. The molecule has 0 aromatic heterocycles. The van der Waals surface area contributed by atoms with E-state index in [4.69, 9.17) is 37.9 Å². The minimum atomic E-state index is -2.46. The molecule has 15 atom stereocenters. The van der Waals surface area contributed by atoms with E-state index < -0.39 is 77.8 Å². The molecular formula is C60H96N2O15. The van der Waals surface area contributed by atoms with Crippen LogP contribution in [0.25, 0.3) is 0 Å². The quantitative estimate of drug-likeness (QED) is 0.0782. The number of cyclic esters (lactones) is 1. The van der Waals surface area contributed by atoms with Crippen molar-refractivity contribution in [3.8, 4) is 0 Å². The molecule has 17 heteroatoms. The van der Waals surface area contributed by atoms with Crippen molar-refractivity contribution >= 4 is 29.2 Å². The number of ketones is 3. The number of morpholine rings is 1. The van der Waals surface area contributed by atoms with Gasteiger partial charge in [-0.1, -0.05) is 71.1 Å². The van der Waals surface area contributed by atoms with Crippen LogP contribution in [-0.2, 0) is 61.9 Å². The van der Waals surface area contributed by atoms with Gasteiger partial charge in [0.2, 0.25) is 5.79 Å². The van der Waals surface area contributed by atoms with Gasteiger partial charge in [0.15, 0.2) is 5.78 Å². The molecule has 5 aliphatic rings. The lowest BCUT2D eigenvalue weighted by atomic mass is 9.78. The minimum Gasteiger partial charge on any atom is -0.460 e. The van der Waals surface area contributed by atoms with Crippen LogP contribution >= 0.6 is 0 Å². The van der Waals surface area contributed by atoms with Crippen LogP contribution in [0.5, 0.6) is 0 Å². The second-order valence-corrected chi connectivity index (χ2v) is 22.9. The predicted molar refractivity (Wildman–Crippen MR) is 292 cm³/mol. The maximum atomic E-state index is 14.7. The molecule has 2 N–H and O–H groups in total. The molecular weight excluding hydrogens is 989 g/mol. The summed E-state index contributed by atoms with van der Waals surface area (Å²) in [6.07, 6.45) is 13.3. The van der Waals surface area contributed by atoms with Crippen molar-refractivity contribution in [3.63, 3.8) is 0 Å². The summed E-state index contributed by atoms with van der Waals surface area (Å²) in [5.74, 6) is -7.92. The van der Waals surface area contributed by atoms with Crippen LogP contribution in [0.15, 0.2) is 47.6 Å². The van der Waals surface area contributed by atoms with Crippen LogP contribution in [0, 0.1) is 35.5 Å². The van der Waals surface area contributed by atoms with E-state index in [0.29, 0.717) is 57.3 Å². The van der Waals surface area contributed by atoms with E-state index in [1.807, 2.05) is 58.1 Å². The fraction of sp³-hybridized carbons (Fsp3) is 0.783. The number of amides is 1. The Hall–Kier alpha value is -3.49. The summed E-state index contributed by atoms with van der Waals surface area (Å²) in [6.45, 7) is 18.5. The lowest BCUT2D eigenvalue weighted by molar-refractivity contribution is -0.266. The number of fused-ring (bicyclic) bond motifs is 3. The van der Waals surface area contributed by atoms with E-state index in [9.17, 15) is 34.2 Å². The SMILES string of the molecule is COCCOC1C[C@@H]2CC[C@@H](C)[C@@](O)(O2)C(=O)C(=O)N2CCCCC2C(=O)O[C@H]([C@H](C)C[C@@H]2CC[C@@H](OCCCN3CCOCC3)[C@H](OC)C2)CC(=O)[C@H](C)/C=C(\C)[C@@H](O)[C@@H](OC)C(=O)[C@H](C)C[C@H](C)/C=C/C=C/C=C/1C. The molecule has 0 aromatic carbocycles. The number of hydrogen-bond acceptors (Lipinski definition) is 16.